The predicted molar refractivity (Wildman–Crippen MR) is 81.3 cm³/mol. The third-order valence-electron chi connectivity index (χ3n) is 2.86. The Bertz CT molecular complexity index is 601. The van der Waals surface area contributed by atoms with Gasteiger partial charge in [-0.2, -0.15) is 0 Å². The quantitative estimate of drug-likeness (QED) is 0.832. The summed E-state index contributed by atoms with van der Waals surface area (Å²) in [4.78, 5) is 16.3. The number of nitrogens with one attached hydrogen (secondary N) is 2. The number of pyridine rings is 1. The normalized spacial score (nSPS) is 10.3. The molecular formula is C15H16ClN3O. The van der Waals surface area contributed by atoms with E-state index in [0.717, 1.165) is 18.5 Å². The van der Waals surface area contributed by atoms with Gasteiger partial charge in [0.2, 0.25) is 0 Å². The number of hydrogen-bond donors (Lipinski definition) is 2. The van der Waals surface area contributed by atoms with Crippen LogP contribution in [0.4, 0.5) is 5.82 Å². The molecule has 0 radical (unpaired) electrons. The zero-order valence-corrected chi connectivity index (χ0v) is 11.9. The molecule has 4 nitrogen and oxygen atoms in total. The number of benzene rings is 1. The van der Waals surface area contributed by atoms with Gasteiger partial charge in [0, 0.05) is 5.56 Å². The summed E-state index contributed by atoms with van der Waals surface area (Å²) in [5.41, 5.74) is 1.66. The van der Waals surface area contributed by atoms with Crippen molar-refractivity contribution in [1.82, 2.24) is 10.3 Å². The van der Waals surface area contributed by atoms with Gasteiger partial charge in [-0.3, -0.25) is 4.79 Å². The van der Waals surface area contributed by atoms with E-state index < -0.39 is 0 Å². The van der Waals surface area contributed by atoms with Gasteiger partial charge in [0.15, 0.2) is 0 Å². The summed E-state index contributed by atoms with van der Waals surface area (Å²) in [5.74, 6) is 0.275. The van der Waals surface area contributed by atoms with Crippen LogP contribution in [0.5, 0.6) is 0 Å². The third-order valence-corrected chi connectivity index (χ3v) is 3.07. The van der Waals surface area contributed by atoms with Crippen molar-refractivity contribution in [2.24, 2.45) is 0 Å². The van der Waals surface area contributed by atoms with Crippen LogP contribution in [0.3, 0.4) is 0 Å². The van der Waals surface area contributed by atoms with Gasteiger partial charge in [0.1, 0.15) is 11.0 Å². The maximum Gasteiger partial charge on any atom is 0.257 e. The molecule has 1 aromatic heterocycles. The van der Waals surface area contributed by atoms with Crippen LogP contribution < -0.4 is 10.6 Å². The highest BCUT2D eigenvalue weighted by Crippen LogP contribution is 2.14. The van der Waals surface area contributed by atoms with Crippen LogP contribution in [-0.2, 0) is 6.42 Å². The van der Waals surface area contributed by atoms with E-state index >= 15 is 0 Å². The molecule has 0 aliphatic heterocycles. The van der Waals surface area contributed by atoms with Crippen LogP contribution in [0.1, 0.15) is 15.9 Å². The summed E-state index contributed by atoms with van der Waals surface area (Å²) in [7, 11) is 1.89. The standard InChI is InChI=1S/C15H16ClN3O/c1-17-10-9-11-5-2-3-6-12(11)15(20)19-14-8-4-7-13(16)18-14/h2-8,17H,9-10H2,1H3,(H,18,19,20). The van der Waals surface area contributed by atoms with E-state index in [0.29, 0.717) is 16.5 Å². The second kappa shape index (κ2) is 7.03. The van der Waals surface area contributed by atoms with E-state index in [-0.39, 0.29) is 5.91 Å². The van der Waals surface area contributed by atoms with E-state index in [9.17, 15) is 4.79 Å². The molecule has 104 valence electrons. The number of amides is 1. The van der Waals surface area contributed by atoms with Crippen molar-refractivity contribution in [2.75, 3.05) is 18.9 Å². The molecule has 0 aliphatic rings. The highest BCUT2D eigenvalue weighted by Gasteiger charge is 2.11. The minimum Gasteiger partial charge on any atom is -0.319 e. The lowest BCUT2D eigenvalue weighted by Crippen LogP contribution is -2.17. The van der Waals surface area contributed by atoms with E-state index in [4.69, 9.17) is 11.6 Å². The molecule has 5 heteroatoms. The molecule has 2 aromatic rings. The molecule has 0 saturated heterocycles. The Morgan fingerprint density at radius 3 is 2.75 bits per heavy atom. The first-order valence-corrected chi connectivity index (χ1v) is 6.75. The van der Waals surface area contributed by atoms with Gasteiger partial charge < -0.3 is 10.6 Å². The van der Waals surface area contributed by atoms with Crippen molar-refractivity contribution in [3.8, 4) is 0 Å². The fourth-order valence-corrected chi connectivity index (χ4v) is 2.04. The Kier molecular flexibility index (Phi) is 5.09. The van der Waals surface area contributed by atoms with E-state index in [1.165, 1.54) is 0 Å². The fraction of sp³-hybridized carbons (Fsp3) is 0.200. The van der Waals surface area contributed by atoms with Gasteiger partial charge in [-0.05, 0) is 43.8 Å². The molecule has 2 rings (SSSR count). The van der Waals surface area contributed by atoms with Gasteiger partial charge in [-0.15, -0.1) is 0 Å². The number of carbonyl (C=O) groups excluding carboxylic acids is 1. The molecular weight excluding hydrogens is 274 g/mol. The highest BCUT2D eigenvalue weighted by molar-refractivity contribution is 6.29. The fourth-order valence-electron chi connectivity index (χ4n) is 1.88. The summed E-state index contributed by atoms with van der Waals surface area (Å²) in [6.45, 7) is 0.819. The topological polar surface area (TPSA) is 54.0 Å². The van der Waals surface area contributed by atoms with E-state index in [1.807, 2.05) is 31.3 Å². The first-order chi connectivity index (χ1) is 9.70. The maximum atomic E-state index is 12.3. The van der Waals surface area contributed by atoms with Crippen molar-refractivity contribution in [3.05, 3.63) is 58.7 Å². The largest absolute Gasteiger partial charge is 0.319 e. The SMILES string of the molecule is CNCCc1ccccc1C(=O)Nc1cccc(Cl)n1. The van der Waals surface area contributed by atoms with Gasteiger partial charge in [-0.25, -0.2) is 4.98 Å². The van der Waals surface area contributed by atoms with Crippen LogP contribution in [0.2, 0.25) is 5.15 Å². The Hall–Kier alpha value is -1.91. The molecule has 1 heterocycles. The first kappa shape index (κ1) is 14.5. The van der Waals surface area contributed by atoms with Crippen LogP contribution in [0, 0.1) is 0 Å². The summed E-state index contributed by atoms with van der Waals surface area (Å²) >= 11 is 5.80. The van der Waals surface area contributed by atoms with Crippen molar-refractivity contribution in [3.63, 3.8) is 0 Å². The lowest BCUT2D eigenvalue weighted by molar-refractivity contribution is 0.102. The summed E-state index contributed by atoms with van der Waals surface area (Å²) in [5, 5.41) is 6.19. The minimum absolute atomic E-state index is 0.175. The number of rotatable bonds is 5. The van der Waals surface area contributed by atoms with Crippen LogP contribution in [-0.4, -0.2) is 24.5 Å². The highest BCUT2D eigenvalue weighted by atomic mass is 35.5. The lowest BCUT2D eigenvalue weighted by atomic mass is 10.0. The molecule has 0 spiro atoms. The number of halogens is 1. The maximum absolute atomic E-state index is 12.3. The summed E-state index contributed by atoms with van der Waals surface area (Å²) in [6, 6.07) is 12.7. The summed E-state index contributed by atoms with van der Waals surface area (Å²) in [6.07, 6.45) is 0.795. The zero-order chi connectivity index (χ0) is 14.4. The molecule has 1 aromatic carbocycles. The molecule has 0 unspecified atom stereocenters. The molecule has 0 fully saturated rings. The Balaban J connectivity index is 2.16. The number of hydrogen-bond acceptors (Lipinski definition) is 3. The van der Waals surface area contributed by atoms with Crippen LogP contribution in [0.25, 0.3) is 0 Å². The third kappa shape index (κ3) is 3.79. The molecule has 0 saturated carbocycles. The number of nitrogens with zero attached hydrogens (tertiary/aromatic N) is 1. The number of aromatic nitrogens is 1. The minimum atomic E-state index is -0.175. The zero-order valence-electron chi connectivity index (χ0n) is 11.2. The molecule has 0 atom stereocenters. The van der Waals surface area contributed by atoms with E-state index in [1.54, 1.807) is 18.2 Å². The number of anilines is 1. The van der Waals surface area contributed by atoms with Crippen molar-refractivity contribution >= 4 is 23.3 Å². The first-order valence-electron chi connectivity index (χ1n) is 6.37. The Morgan fingerprint density at radius 1 is 1.20 bits per heavy atom. The predicted octanol–water partition coefficient (Wildman–Crippen LogP) is 2.75. The van der Waals surface area contributed by atoms with E-state index in [2.05, 4.69) is 15.6 Å². The van der Waals surface area contributed by atoms with Crippen molar-refractivity contribution in [1.29, 1.82) is 0 Å². The second-order valence-electron chi connectivity index (χ2n) is 4.31. The molecule has 2 N–H and O–H groups in total. The lowest BCUT2D eigenvalue weighted by Gasteiger charge is -2.09. The van der Waals surface area contributed by atoms with Gasteiger partial charge in [0.25, 0.3) is 5.91 Å². The van der Waals surface area contributed by atoms with Gasteiger partial charge >= 0.3 is 0 Å². The number of likely N-dealkylation sites (N-methyl/N-ethyl adjacent to an activating group) is 1. The second-order valence-corrected chi connectivity index (χ2v) is 4.70. The Labute approximate surface area is 123 Å². The average molecular weight is 290 g/mol. The smallest absolute Gasteiger partial charge is 0.257 e. The van der Waals surface area contributed by atoms with Crippen molar-refractivity contribution < 1.29 is 4.79 Å². The van der Waals surface area contributed by atoms with Crippen LogP contribution >= 0.6 is 11.6 Å². The van der Waals surface area contributed by atoms with Crippen LogP contribution in [0.15, 0.2) is 42.5 Å². The number of carbonyl (C=O) groups is 1. The van der Waals surface area contributed by atoms with Gasteiger partial charge in [-0.1, -0.05) is 35.9 Å². The van der Waals surface area contributed by atoms with Gasteiger partial charge in [0.05, 0.1) is 0 Å². The molecule has 1 amide bonds. The monoisotopic (exact) mass is 289 g/mol. The molecule has 20 heavy (non-hydrogen) atoms. The molecule has 0 aliphatic carbocycles. The molecule has 0 bridgehead atoms. The van der Waals surface area contributed by atoms with Crippen molar-refractivity contribution in [2.45, 2.75) is 6.42 Å². The summed E-state index contributed by atoms with van der Waals surface area (Å²) < 4.78 is 0. The Morgan fingerprint density at radius 2 is 2.00 bits per heavy atom. The average Bonchev–Trinajstić information content (AvgIpc) is 2.45.